The smallest absolute Gasteiger partial charge is 0.339 e. The highest BCUT2D eigenvalue weighted by molar-refractivity contribution is 5.90. The number of amides is 2. The van der Waals surface area contributed by atoms with Crippen molar-refractivity contribution < 1.29 is 26.9 Å². The van der Waals surface area contributed by atoms with E-state index in [4.69, 9.17) is 4.52 Å². The molecular weight excluding hydrogens is 428 g/mol. The molecular formula is C22H20F4N4O2. The van der Waals surface area contributed by atoms with Crippen LogP contribution >= 0.6 is 0 Å². The number of benzene rings is 2. The summed E-state index contributed by atoms with van der Waals surface area (Å²) < 4.78 is 58.7. The van der Waals surface area contributed by atoms with E-state index in [1.807, 2.05) is 0 Å². The molecule has 1 aliphatic heterocycles. The first-order valence-electron chi connectivity index (χ1n) is 10.1. The molecule has 1 aliphatic rings. The molecule has 2 amide bonds. The van der Waals surface area contributed by atoms with Crippen molar-refractivity contribution in [1.29, 1.82) is 0 Å². The fraction of sp³-hybridized carbons (Fsp3) is 0.318. The minimum atomic E-state index is -4.57. The SMILES string of the molecule is O=C(Nc1ccccc1C(F)(F)F)N1CCCC(Cc2nc(-c3ccccc3F)no2)C1. The Morgan fingerprint density at radius 3 is 2.69 bits per heavy atom. The number of hydrogen-bond donors (Lipinski definition) is 1. The van der Waals surface area contributed by atoms with Crippen molar-refractivity contribution in [2.75, 3.05) is 18.4 Å². The Balaban J connectivity index is 1.40. The minimum absolute atomic E-state index is 0.0127. The summed E-state index contributed by atoms with van der Waals surface area (Å²) in [6.45, 7) is 0.762. The van der Waals surface area contributed by atoms with Crippen LogP contribution in [-0.2, 0) is 12.6 Å². The average molecular weight is 448 g/mol. The zero-order valence-corrected chi connectivity index (χ0v) is 16.9. The summed E-state index contributed by atoms with van der Waals surface area (Å²) in [4.78, 5) is 18.4. The van der Waals surface area contributed by atoms with Gasteiger partial charge in [0.15, 0.2) is 0 Å². The number of hydrogen-bond acceptors (Lipinski definition) is 4. The zero-order valence-electron chi connectivity index (χ0n) is 16.9. The largest absolute Gasteiger partial charge is 0.418 e. The summed E-state index contributed by atoms with van der Waals surface area (Å²) in [6, 6.07) is 10.4. The molecule has 0 bridgehead atoms. The number of alkyl halides is 3. The quantitative estimate of drug-likeness (QED) is 0.544. The molecule has 6 nitrogen and oxygen atoms in total. The monoisotopic (exact) mass is 448 g/mol. The summed E-state index contributed by atoms with van der Waals surface area (Å²) in [5, 5.41) is 6.21. The lowest BCUT2D eigenvalue weighted by Gasteiger charge is -2.32. The molecule has 0 saturated carbocycles. The van der Waals surface area contributed by atoms with Crippen LogP contribution in [0.25, 0.3) is 11.4 Å². The molecule has 0 aliphatic carbocycles. The third kappa shape index (κ3) is 4.90. The van der Waals surface area contributed by atoms with Crippen LogP contribution in [0.3, 0.4) is 0 Å². The van der Waals surface area contributed by atoms with Gasteiger partial charge in [0.2, 0.25) is 11.7 Å². The molecule has 2 aromatic carbocycles. The standard InChI is InChI=1S/C22H20F4N4O2/c23-17-9-3-1-7-15(17)20-28-19(32-29-20)12-14-6-5-11-30(13-14)21(31)27-18-10-4-2-8-16(18)22(24,25)26/h1-4,7-10,14H,5-6,11-13H2,(H,27,31). The van der Waals surface area contributed by atoms with E-state index < -0.39 is 23.6 Å². The molecule has 1 unspecified atom stereocenters. The Bertz CT molecular complexity index is 1100. The highest BCUT2D eigenvalue weighted by Gasteiger charge is 2.34. The van der Waals surface area contributed by atoms with Crippen molar-refractivity contribution in [3.8, 4) is 11.4 Å². The van der Waals surface area contributed by atoms with Crippen molar-refractivity contribution >= 4 is 11.7 Å². The van der Waals surface area contributed by atoms with Crippen LogP contribution in [0.15, 0.2) is 53.1 Å². The van der Waals surface area contributed by atoms with Crippen LogP contribution in [0, 0.1) is 11.7 Å². The van der Waals surface area contributed by atoms with Gasteiger partial charge < -0.3 is 14.7 Å². The Hall–Kier alpha value is -3.43. The van der Waals surface area contributed by atoms with Gasteiger partial charge in [0, 0.05) is 19.5 Å². The molecule has 0 spiro atoms. The van der Waals surface area contributed by atoms with E-state index in [1.54, 1.807) is 18.2 Å². The lowest BCUT2D eigenvalue weighted by atomic mass is 9.95. The summed E-state index contributed by atoms with van der Waals surface area (Å²) >= 11 is 0. The summed E-state index contributed by atoms with van der Waals surface area (Å²) in [6.07, 6.45) is -2.71. The summed E-state index contributed by atoms with van der Waals surface area (Å²) in [7, 11) is 0. The third-order valence-corrected chi connectivity index (χ3v) is 5.33. The first kappa shape index (κ1) is 21.8. The number of nitrogens with one attached hydrogen (secondary N) is 1. The number of para-hydroxylation sites is 1. The van der Waals surface area contributed by atoms with E-state index in [-0.39, 0.29) is 23.0 Å². The number of aromatic nitrogens is 2. The lowest BCUT2D eigenvalue weighted by molar-refractivity contribution is -0.136. The van der Waals surface area contributed by atoms with Crippen molar-refractivity contribution in [1.82, 2.24) is 15.0 Å². The topological polar surface area (TPSA) is 71.3 Å². The molecule has 168 valence electrons. The molecule has 3 aromatic rings. The second kappa shape index (κ2) is 8.97. The first-order chi connectivity index (χ1) is 15.3. The number of urea groups is 1. The van der Waals surface area contributed by atoms with Gasteiger partial charge in [0.25, 0.3) is 0 Å². The van der Waals surface area contributed by atoms with Gasteiger partial charge in [-0.15, -0.1) is 0 Å². The fourth-order valence-electron chi connectivity index (χ4n) is 3.79. The molecule has 1 aromatic heterocycles. The number of carbonyl (C=O) groups is 1. The lowest BCUT2D eigenvalue weighted by Crippen LogP contribution is -2.43. The predicted molar refractivity (Wildman–Crippen MR) is 108 cm³/mol. The Morgan fingerprint density at radius 2 is 1.91 bits per heavy atom. The number of rotatable bonds is 4. The second-order valence-corrected chi connectivity index (χ2v) is 7.62. The van der Waals surface area contributed by atoms with Gasteiger partial charge in [-0.25, -0.2) is 9.18 Å². The van der Waals surface area contributed by atoms with E-state index in [0.717, 1.165) is 12.5 Å². The third-order valence-electron chi connectivity index (χ3n) is 5.33. The molecule has 32 heavy (non-hydrogen) atoms. The Morgan fingerprint density at radius 1 is 1.16 bits per heavy atom. The molecule has 1 atom stereocenters. The Kier molecular flexibility index (Phi) is 6.11. The van der Waals surface area contributed by atoms with Gasteiger partial charge in [-0.05, 0) is 43.0 Å². The minimum Gasteiger partial charge on any atom is -0.339 e. The molecule has 1 N–H and O–H groups in total. The normalized spacial score (nSPS) is 16.8. The van der Waals surface area contributed by atoms with Crippen LogP contribution in [0.4, 0.5) is 28.0 Å². The maximum absolute atomic E-state index is 13.9. The van der Waals surface area contributed by atoms with Crippen molar-refractivity contribution in [2.24, 2.45) is 5.92 Å². The van der Waals surface area contributed by atoms with Crippen LogP contribution in [0.5, 0.6) is 0 Å². The molecule has 10 heteroatoms. The molecule has 1 fully saturated rings. The number of piperidine rings is 1. The zero-order chi connectivity index (χ0) is 22.7. The number of halogens is 4. The number of anilines is 1. The Labute approximate surface area is 181 Å². The average Bonchev–Trinajstić information content (AvgIpc) is 3.22. The number of nitrogens with zero attached hydrogens (tertiary/aromatic N) is 3. The van der Waals surface area contributed by atoms with E-state index in [9.17, 15) is 22.4 Å². The van der Waals surface area contributed by atoms with Crippen molar-refractivity contribution in [3.63, 3.8) is 0 Å². The van der Waals surface area contributed by atoms with E-state index in [0.29, 0.717) is 31.8 Å². The van der Waals surface area contributed by atoms with Gasteiger partial charge in [-0.3, -0.25) is 0 Å². The molecule has 1 saturated heterocycles. The van der Waals surface area contributed by atoms with Gasteiger partial charge in [-0.2, -0.15) is 18.2 Å². The number of likely N-dealkylation sites (tertiary alicyclic amines) is 1. The summed E-state index contributed by atoms with van der Waals surface area (Å²) in [5.41, 5.74) is -0.942. The van der Waals surface area contributed by atoms with Gasteiger partial charge in [0.05, 0.1) is 16.8 Å². The molecule has 2 heterocycles. The maximum atomic E-state index is 13.9. The van der Waals surface area contributed by atoms with Crippen LogP contribution < -0.4 is 5.32 Å². The summed E-state index contributed by atoms with van der Waals surface area (Å²) in [5.74, 6) is -0.00836. The first-order valence-corrected chi connectivity index (χ1v) is 10.1. The van der Waals surface area contributed by atoms with Crippen LogP contribution in [0.2, 0.25) is 0 Å². The van der Waals surface area contributed by atoms with E-state index in [1.165, 1.54) is 29.2 Å². The maximum Gasteiger partial charge on any atom is 0.418 e. The second-order valence-electron chi connectivity index (χ2n) is 7.62. The van der Waals surface area contributed by atoms with Crippen LogP contribution in [0.1, 0.15) is 24.3 Å². The van der Waals surface area contributed by atoms with Gasteiger partial charge >= 0.3 is 12.2 Å². The van der Waals surface area contributed by atoms with E-state index in [2.05, 4.69) is 15.5 Å². The predicted octanol–water partition coefficient (Wildman–Crippen LogP) is 5.38. The van der Waals surface area contributed by atoms with Gasteiger partial charge in [-0.1, -0.05) is 29.4 Å². The van der Waals surface area contributed by atoms with Crippen molar-refractivity contribution in [3.05, 3.63) is 65.8 Å². The number of carbonyl (C=O) groups excluding carboxylic acids is 1. The van der Waals surface area contributed by atoms with E-state index >= 15 is 0 Å². The molecule has 0 radical (unpaired) electrons. The highest BCUT2D eigenvalue weighted by Crippen LogP contribution is 2.35. The van der Waals surface area contributed by atoms with Gasteiger partial charge in [0.1, 0.15) is 5.82 Å². The van der Waals surface area contributed by atoms with Crippen molar-refractivity contribution in [2.45, 2.75) is 25.4 Å². The fourth-order valence-corrected chi connectivity index (χ4v) is 3.79. The molecule has 4 rings (SSSR count). The highest BCUT2D eigenvalue weighted by atomic mass is 19.4. The van der Waals surface area contributed by atoms with Crippen LogP contribution in [-0.4, -0.2) is 34.2 Å².